The number of halogens is 1. The highest BCUT2D eigenvalue weighted by Gasteiger charge is 2.08. The Morgan fingerprint density at radius 3 is 2.67 bits per heavy atom. The van der Waals surface area contributed by atoms with Crippen molar-refractivity contribution in [3.05, 3.63) is 10.0 Å². The van der Waals surface area contributed by atoms with Gasteiger partial charge in [-0.15, -0.1) is 15.3 Å². The van der Waals surface area contributed by atoms with Crippen LogP contribution < -0.4 is 0 Å². The SMILES string of the molecule is CSc1nnc(SCc2nnsc2Cl)s1. The lowest BCUT2D eigenvalue weighted by Gasteiger charge is -1.91. The average Bonchev–Trinajstić information content (AvgIpc) is 2.84. The van der Waals surface area contributed by atoms with Crippen LogP contribution in [0.25, 0.3) is 0 Å². The van der Waals surface area contributed by atoms with Gasteiger partial charge >= 0.3 is 0 Å². The molecule has 0 saturated heterocycles. The third kappa shape index (κ3) is 3.04. The second-order valence-corrected chi connectivity index (χ2v) is 6.93. The Balaban J connectivity index is 1.96. The standard InChI is InChI=1S/C6H5ClN4S4/c1-12-5-9-10-6(14-5)13-2-3-4(7)15-11-8-3/h2H2,1H3. The largest absolute Gasteiger partial charge is 0.175 e. The quantitative estimate of drug-likeness (QED) is 0.808. The number of hydrogen-bond acceptors (Lipinski definition) is 8. The summed E-state index contributed by atoms with van der Waals surface area (Å²) in [7, 11) is 0. The minimum atomic E-state index is 0.650. The van der Waals surface area contributed by atoms with Crippen molar-refractivity contribution in [1.82, 2.24) is 19.8 Å². The molecule has 0 N–H and O–H groups in total. The van der Waals surface area contributed by atoms with Crippen molar-refractivity contribution < 1.29 is 0 Å². The van der Waals surface area contributed by atoms with Crippen molar-refractivity contribution in [3.8, 4) is 0 Å². The molecule has 9 heteroatoms. The minimum Gasteiger partial charge on any atom is -0.141 e. The first-order chi connectivity index (χ1) is 7.29. The molecule has 2 aromatic rings. The van der Waals surface area contributed by atoms with Gasteiger partial charge in [-0.3, -0.25) is 0 Å². The van der Waals surface area contributed by atoms with E-state index in [9.17, 15) is 0 Å². The lowest BCUT2D eigenvalue weighted by molar-refractivity contribution is 0.954. The van der Waals surface area contributed by atoms with Gasteiger partial charge in [0.1, 0.15) is 10.0 Å². The van der Waals surface area contributed by atoms with Crippen molar-refractivity contribution in [2.75, 3.05) is 6.26 Å². The summed E-state index contributed by atoms with van der Waals surface area (Å²) in [5.41, 5.74) is 0.813. The molecule has 2 aromatic heterocycles. The maximum atomic E-state index is 5.88. The summed E-state index contributed by atoms with van der Waals surface area (Å²) in [4.78, 5) is 0. The number of aromatic nitrogens is 4. The molecule has 0 radical (unpaired) electrons. The fourth-order valence-electron chi connectivity index (χ4n) is 0.751. The Morgan fingerprint density at radius 1 is 1.27 bits per heavy atom. The molecule has 0 saturated carbocycles. The summed E-state index contributed by atoms with van der Waals surface area (Å²) in [5.74, 6) is 0.693. The van der Waals surface area contributed by atoms with E-state index in [1.165, 1.54) is 11.5 Å². The Hall–Kier alpha value is 0.110. The van der Waals surface area contributed by atoms with Crippen LogP contribution in [0.1, 0.15) is 5.69 Å². The van der Waals surface area contributed by atoms with Gasteiger partial charge in [-0.25, -0.2) is 0 Å². The van der Waals surface area contributed by atoms with Gasteiger partial charge in [0.15, 0.2) is 8.68 Å². The predicted molar refractivity (Wildman–Crippen MR) is 66.2 cm³/mol. The molecule has 80 valence electrons. The molecule has 0 bridgehead atoms. The number of nitrogens with zero attached hydrogens (tertiary/aromatic N) is 4. The fourth-order valence-corrected chi connectivity index (χ4v) is 3.92. The number of hydrogen-bond donors (Lipinski definition) is 0. The normalized spacial score (nSPS) is 10.8. The van der Waals surface area contributed by atoms with Crippen molar-refractivity contribution in [2.45, 2.75) is 14.4 Å². The van der Waals surface area contributed by atoms with Gasteiger partial charge in [0.05, 0.1) is 0 Å². The first-order valence-corrected chi connectivity index (χ1v) is 7.94. The van der Waals surface area contributed by atoms with Gasteiger partial charge in [-0.1, -0.05) is 50.9 Å². The van der Waals surface area contributed by atoms with E-state index in [4.69, 9.17) is 11.6 Å². The van der Waals surface area contributed by atoms with Crippen molar-refractivity contribution in [1.29, 1.82) is 0 Å². The van der Waals surface area contributed by atoms with E-state index >= 15 is 0 Å². The van der Waals surface area contributed by atoms with Gasteiger partial charge in [0, 0.05) is 17.3 Å². The monoisotopic (exact) mass is 296 g/mol. The van der Waals surface area contributed by atoms with Gasteiger partial charge < -0.3 is 0 Å². The predicted octanol–water partition coefficient (Wildman–Crippen LogP) is 3.06. The molecule has 0 atom stereocenters. The van der Waals surface area contributed by atoms with E-state index in [0.717, 1.165) is 14.4 Å². The highest BCUT2D eigenvalue weighted by Crippen LogP contribution is 2.31. The maximum Gasteiger partial charge on any atom is 0.175 e. The summed E-state index contributed by atoms with van der Waals surface area (Å²) in [6, 6.07) is 0. The molecule has 0 amide bonds. The van der Waals surface area contributed by atoms with E-state index < -0.39 is 0 Å². The Kier molecular flexibility index (Phi) is 4.21. The summed E-state index contributed by atoms with van der Waals surface area (Å²) in [6.45, 7) is 0. The summed E-state index contributed by atoms with van der Waals surface area (Å²) >= 11 is 11.8. The highest BCUT2D eigenvalue weighted by molar-refractivity contribution is 8.02. The Bertz CT molecular complexity index is 442. The van der Waals surface area contributed by atoms with Crippen LogP contribution in [0.5, 0.6) is 0 Å². The number of thioether (sulfide) groups is 2. The maximum absolute atomic E-state index is 5.88. The molecule has 0 aromatic carbocycles. The van der Waals surface area contributed by atoms with E-state index in [1.54, 1.807) is 34.9 Å². The smallest absolute Gasteiger partial charge is 0.141 e. The van der Waals surface area contributed by atoms with Crippen molar-refractivity contribution in [3.63, 3.8) is 0 Å². The molecule has 2 heterocycles. The van der Waals surface area contributed by atoms with Gasteiger partial charge in [-0.2, -0.15) is 0 Å². The molecule has 0 aliphatic carbocycles. The average molecular weight is 297 g/mol. The van der Waals surface area contributed by atoms with Crippen LogP contribution in [0.2, 0.25) is 4.34 Å². The van der Waals surface area contributed by atoms with Gasteiger partial charge in [0.25, 0.3) is 0 Å². The van der Waals surface area contributed by atoms with E-state index in [1.807, 2.05) is 6.26 Å². The van der Waals surface area contributed by atoms with Crippen LogP contribution in [0, 0.1) is 0 Å². The molecule has 4 nitrogen and oxygen atoms in total. The highest BCUT2D eigenvalue weighted by atomic mass is 35.5. The van der Waals surface area contributed by atoms with E-state index in [0.29, 0.717) is 10.1 Å². The molecule has 15 heavy (non-hydrogen) atoms. The lowest BCUT2D eigenvalue weighted by Crippen LogP contribution is -1.81. The van der Waals surface area contributed by atoms with Crippen LogP contribution in [-0.4, -0.2) is 26.0 Å². The molecule has 0 spiro atoms. The molecule has 2 rings (SSSR count). The third-order valence-electron chi connectivity index (χ3n) is 1.40. The van der Waals surface area contributed by atoms with Gasteiger partial charge in [0.2, 0.25) is 0 Å². The van der Waals surface area contributed by atoms with Crippen LogP contribution >= 0.6 is 58.0 Å². The minimum absolute atomic E-state index is 0.650. The zero-order valence-electron chi connectivity index (χ0n) is 7.51. The molecule has 0 unspecified atom stereocenters. The summed E-state index contributed by atoms with van der Waals surface area (Å²) in [5, 5.41) is 12.0. The van der Waals surface area contributed by atoms with E-state index in [-0.39, 0.29) is 0 Å². The Labute approximate surface area is 108 Å². The zero-order chi connectivity index (χ0) is 10.7. The summed E-state index contributed by atoms with van der Waals surface area (Å²) in [6.07, 6.45) is 1.98. The van der Waals surface area contributed by atoms with Crippen LogP contribution in [0.15, 0.2) is 8.68 Å². The van der Waals surface area contributed by atoms with Gasteiger partial charge in [-0.05, 0) is 6.26 Å². The third-order valence-corrected chi connectivity index (χ3v) is 5.43. The first-order valence-electron chi connectivity index (χ1n) is 3.76. The van der Waals surface area contributed by atoms with Crippen molar-refractivity contribution >= 4 is 58.0 Å². The van der Waals surface area contributed by atoms with Crippen LogP contribution in [0.4, 0.5) is 0 Å². The van der Waals surface area contributed by atoms with Crippen molar-refractivity contribution in [2.24, 2.45) is 0 Å². The molecule has 0 aliphatic heterocycles. The summed E-state index contributed by atoms with van der Waals surface area (Å²) < 4.78 is 6.32. The zero-order valence-corrected chi connectivity index (χ0v) is 11.5. The second kappa shape index (κ2) is 5.44. The topological polar surface area (TPSA) is 51.6 Å². The Morgan fingerprint density at radius 2 is 2.07 bits per heavy atom. The first kappa shape index (κ1) is 11.6. The fraction of sp³-hybridized carbons (Fsp3) is 0.333. The van der Waals surface area contributed by atoms with E-state index in [2.05, 4.69) is 19.8 Å². The molecule has 0 aliphatic rings. The number of rotatable bonds is 4. The van der Waals surface area contributed by atoms with Crippen LogP contribution in [-0.2, 0) is 5.75 Å². The lowest BCUT2D eigenvalue weighted by atomic mass is 10.6. The molecular weight excluding hydrogens is 292 g/mol. The van der Waals surface area contributed by atoms with Crippen LogP contribution in [0.3, 0.4) is 0 Å². The molecule has 0 fully saturated rings. The second-order valence-electron chi connectivity index (χ2n) is 2.32. The molecular formula is C6H5ClN4S4.